The van der Waals surface area contributed by atoms with Gasteiger partial charge in [-0.05, 0) is 60.4 Å². The van der Waals surface area contributed by atoms with E-state index in [4.69, 9.17) is 19.7 Å². The number of aromatic nitrogens is 3. The average molecular weight is 592 g/mol. The van der Waals surface area contributed by atoms with Gasteiger partial charge in [0, 0.05) is 27.8 Å². The van der Waals surface area contributed by atoms with Crippen LogP contribution in [0.2, 0.25) is 0 Å². The molecular formula is C42H29N3O. The zero-order valence-corrected chi connectivity index (χ0v) is 25.5. The van der Waals surface area contributed by atoms with E-state index in [0.717, 1.165) is 39.3 Å². The number of rotatable bonds is 3. The molecule has 2 heterocycles. The first-order valence-electron chi connectivity index (χ1n) is 15.6. The minimum absolute atomic E-state index is 0.556. The van der Waals surface area contributed by atoms with Crippen molar-refractivity contribution in [2.24, 2.45) is 0 Å². The Morgan fingerprint density at radius 1 is 0.413 bits per heavy atom. The van der Waals surface area contributed by atoms with Crippen molar-refractivity contribution in [2.75, 3.05) is 0 Å². The van der Waals surface area contributed by atoms with E-state index in [-0.39, 0.29) is 0 Å². The molecule has 4 heteroatoms. The Morgan fingerprint density at radius 2 is 0.848 bits per heavy atom. The molecule has 0 fully saturated rings. The van der Waals surface area contributed by atoms with Gasteiger partial charge in [0.15, 0.2) is 17.5 Å². The number of ether oxygens (including phenoxy) is 1. The maximum Gasteiger partial charge on any atom is 0.164 e. The fourth-order valence-corrected chi connectivity index (χ4v) is 7.16. The molecule has 1 spiro atoms. The molecule has 0 saturated carbocycles. The summed E-state index contributed by atoms with van der Waals surface area (Å²) in [4.78, 5) is 15.1. The normalized spacial score (nSPS) is 13.3. The molecule has 0 saturated heterocycles. The van der Waals surface area contributed by atoms with Gasteiger partial charge >= 0.3 is 0 Å². The van der Waals surface area contributed by atoms with Crippen LogP contribution in [0.1, 0.15) is 33.4 Å². The van der Waals surface area contributed by atoms with Crippen LogP contribution < -0.4 is 4.74 Å². The highest BCUT2D eigenvalue weighted by molar-refractivity contribution is 5.89. The Kier molecular flexibility index (Phi) is 5.81. The highest BCUT2D eigenvalue weighted by Gasteiger charge is 2.51. The van der Waals surface area contributed by atoms with Crippen LogP contribution in [0, 0.1) is 13.8 Å². The summed E-state index contributed by atoms with van der Waals surface area (Å²) in [5.74, 6) is 3.62. The van der Waals surface area contributed by atoms with Crippen molar-refractivity contribution < 1.29 is 4.74 Å². The van der Waals surface area contributed by atoms with Crippen molar-refractivity contribution in [1.29, 1.82) is 0 Å². The van der Waals surface area contributed by atoms with Gasteiger partial charge in [-0.15, -0.1) is 0 Å². The quantitative estimate of drug-likeness (QED) is 0.205. The fraction of sp³-hybridized carbons (Fsp3) is 0.0714. The van der Waals surface area contributed by atoms with E-state index < -0.39 is 5.41 Å². The molecular weight excluding hydrogens is 562 g/mol. The summed E-state index contributed by atoms with van der Waals surface area (Å²) in [7, 11) is 0. The summed E-state index contributed by atoms with van der Waals surface area (Å²) >= 11 is 0. The Bertz CT molecular complexity index is 2200. The zero-order chi connectivity index (χ0) is 30.8. The summed E-state index contributed by atoms with van der Waals surface area (Å²) in [5.41, 5.74) is 11.8. The molecule has 1 aliphatic heterocycles. The number of fused-ring (bicyclic) bond motifs is 9. The summed E-state index contributed by atoms with van der Waals surface area (Å²) in [6, 6.07) is 49.0. The molecule has 46 heavy (non-hydrogen) atoms. The molecule has 0 atom stereocenters. The number of para-hydroxylation sites is 1. The van der Waals surface area contributed by atoms with Gasteiger partial charge in [-0.3, -0.25) is 0 Å². The molecule has 0 bridgehead atoms. The van der Waals surface area contributed by atoms with E-state index in [0.29, 0.717) is 17.5 Å². The van der Waals surface area contributed by atoms with Crippen molar-refractivity contribution >= 4 is 0 Å². The number of benzene rings is 6. The van der Waals surface area contributed by atoms with Gasteiger partial charge in [0.2, 0.25) is 0 Å². The van der Waals surface area contributed by atoms with Crippen LogP contribution in [0.15, 0.2) is 140 Å². The topological polar surface area (TPSA) is 47.9 Å². The lowest BCUT2D eigenvalue weighted by molar-refractivity contribution is 0.436. The monoisotopic (exact) mass is 591 g/mol. The predicted octanol–water partition coefficient (Wildman–Crippen LogP) is 9.96. The second kappa shape index (κ2) is 10.1. The second-order valence-electron chi connectivity index (χ2n) is 12.2. The first-order chi connectivity index (χ1) is 22.6. The summed E-state index contributed by atoms with van der Waals surface area (Å²) in [5, 5.41) is 0. The van der Waals surface area contributed by atoms with Gasteiger partial charge in [-0.25, -0.2) is 15.0 Å². The molecule has 0 radical (unpaired) electrons. The van der Waals surface area contributed by atoms with Gasteiger partial charge in [0.1, 0.15) is 11.5 Å². The molecule has 1 aliphatic carbocycles. The zero-order valence-electron chi connectivity index (χ0n) is 25.5. The van der Waals surface area contributed by atoms with E-state index in [1.165, 1.54) is 33.4 Å². The first-order valence-corrected chi connectivity index (χ1v) is 15.6. The SMILES string of the molecule is Cc1ccc(-c2nc(-c3ccc(C)cc3)nc(-c3ccc4c(c3)C3(c5ccccc5O4)c4ccccc4-c4ccccc43)n2)cc1. The summed E-state index contributed by atoms with van der Waals surface area (Å²) < 4.78 is 6.64. The van der Waals surface area contributed by atoms with Crippen LogP contribution in [0.4, 0.5) is 0 Å². The fourth-order valence-electron chi connectivity index (χ4n) is 7.16. The highest BCUT2D eigenvalue weighted by atomic mass is 16.5. The van der Waals surface area contributed by atoms with Gasteiger partial charge in [-0.1, -0.05) is 126 Å². The highest BCUT2D eigenvalue weighted by Crippen LogP contribution is 2.62. The number of aryl methyl sites for hydroxylation is 2. The van der Waals surface area contributed by atoms with Crippen molar-refractivity contribution in [3.63, 3.8) is 0 Å². The molecule has 218 valence electrons. The molecule has 7 aromatic rings. The Balaban J connectivity index is 1.31. The largest absolute Gasteiger partial charge is 0.457 e. The molecule has 4 nitrogen and oxygen atoms in total. The van der Waals surface area contributed by atoms with Crippen LogP contribution in [0.25, 0.3) is 45.3 Å². The lowest BCUT2D eigenvalue weighted by atomic mass is 9.66. The van der Waals surface area contributed by atoms with Gasteiger partial charge in [-0.2, -0.15) is 0 Å². The molecule has 6 aromatic carbocycles. The van der Waals surface area contributed by atoms with Crippen LogP contribution in [0.5, 0.6) is 11.5 Å². The third-order valence-corrected chi connectivity index (χ3v) is 9.36. The van der Waals surface area contributed by atoms with E-state index >= 15 is 0 Å². The third kappa shape index (κ3) is 3.90. The van der Waals surface area contributed by atoms with Gasteiger partial charge in [0.25, 0.3) is 0 Å². The maximum atomic E-state index is 6.64. The molecule has 2 aliphatic rings. The van der Waals surface area contributed by atoms with Crippen molar-refractivity contribution in [1.82, 2.24) is 15.0 Å². The Morgan fingerprint density at radius 3 is 1.41 bits per heavy atom. The van der Waals surface area contributed by atoms with Crippen molar-refractivity contribution in [2.45, 2.75) is 19.3 Å². The molecule has 0 amide bonds. The molecule has 0 N–H and O–H groups in total. The lowest BCUT2D eigenvalue weighted by Crippen LogP contribution is -2.32. The van der Waals surface area contributed by atoms with Crippen LogP contribution in [-0.2, 0) is 5.41 Å². The lowest BCUT2D eigenvalue weighted by Gasteiger charge is -2.39. The maximum absolute atomic E-state index is 6.64. The minimum atomic E-state index is -0.556. The standard InChI is InChI=1S/C42H29N3O/c1-26-15-19-28(20-16-26)39-43-40(29-21-17-27(2)18-22-29)45-41(44-39)30-23-24-38-36(25-30)42(35-13-7-8-14-37(35)46-38)33-11-5-3-9-31(33)32-10-4-6-12-34(32)42/h3-25H,1-2H3. The third-order valence-electron chi connectivity index (χ3n) is 9.36. The van der Waals surface area contributed by atoms with Crippen LogP contribution in [0.3, 0.4) is 0 Å². The van der Waals surface area contributed by atoms with E-state index in [1.54, 1.807) is 0 Å². The number of nitrogens with zero attached hydrogens (tertiary/aromatic N) is 3. The predicted molar refractivity (Wildman–Crippen MR) is 183 cm³/mol. The number of hydrogen-bond acceptors (Lipinski definition) is 4. The van der Waals surface area contributed by atoms with Crippen molar-refractivity contribution in [3.05, 3.63) is 173 Å². The van der Waals surface area contributed by atoms with Gasteiger partial charge < -0.3 is 4.74 Å². The molecule has 1 aromatic heterocycles. The van der Waals surface area contributed by atoms with Crippen LogP contribution in [-0.4, -0.2) is 15.0 Å². The first kappa shape index (κ1) is 26.5. The summed E-state index contributed by atoms with van der Waals surface area (Å²) in [6.07, 6.45) is 0. The Hall–Kier alpha value is -5.87. The molecule has 9 rings (SSSR count). The van der Waals surface area contributed by atoms with Gasteiger partial charge in [0.05, 0.1) is 5.41 Å². The number of hydrogen-bond donors (Lipinski definition) is 0. The van der Waals surface area contributed by atoms with Crippen molar-refractivity contribution in [3.8, 4) is 56.8 Å². The average Bonchev–Trinajstić information content (AvgIpc) is 3.39. The van der Waals surface area contributed by atoms with E-state index in [9.17, 15) is 0 Å². The smallest absolute Gasteiger partial charge is 0.164 e. The Labute approximate surface area is 268 Å². The van der Waals surface area contributed by atoms with Crippen LogP contribution >= 0.6 is 0 Å². The van der Waals surface area contributed by atoms with E-state index in [2.05, 4.69) is 147 Å². The molecule has 0 unspecified atom stereocenters. The summed E-state index contributed by atoms with van der Waals surface area (Å²) in [6.45, 7) is 4.17. The second-order valence-corrected chi connectivity index (χ2v) is 12.2. The minimum Gasteiger partial charge on any atom is -0.457 e. The van der Waals surface area contributed by atoms with E-state index in [1.807, 2.05) is 6.07 Å².